The highest BCUT2D eigenvalue weighted by molar-refractivity contribution is 5.94. The third kappa shape index (κ3) is 3.07. The summed E-state index contributed by atoms with van der Waals surface area (Å²) < 4.78 is 2.09. The summed E-state index contributed by atoms with van der Waals surface area (Å²) in [5.74, 6) is 0.00403. The first-order chi connectivity index (χ1) is 13.8. The molecule has 1 amide bonds. The second kappa shape index (κ2) is 6.96. The fourth-order valence-corrected chi connectivity index (χ4v) is 3.97. The second-order valence-corrected chi connectivity index (χ2v) is 7.29. The molecular formula is C22H21N5O. The minimum atomic E-state index is 0.00403. The van der Waals surface area contributed by atoms with Crippen molar-refractivity contribution in [1.29, 1.82) is 0 Å². The number of aromatic nitrogens is 4. The van der Waals surface area contributed by atoms with Gasteiger partial charge in [-0.05, 0) is 35.7 Å². The van der Waals surface area contributed by atoms with Gasteiger partial charge in [0.25, 0.3) is 5.91 Å². The maximum Gasteiger partial charge on any atom is 0.271 e. The Morgan fingerprint density at radius 3 is 2.86 bits per heavy atom. The lowest BCUT2D eigenvalue weighted by Gasteiger charge is -2.33. The van der Waals surface area contributed by atoms with Crippen molar-refractivity contribution >= 4 is 16.7 Å². The van der Waals surface area contributed by atoms with Crippen LogP contribution >= 0.6 is 0 Å². The average Bonchev–Trinajstić information content (AvgIpc) is 3.45. The number of benzene rings is 2. The normalized spacial score (nSPS) is 17.1. The number of carbonyl (C=O) groups is 1. The smallest absolute Gasteiger partial charge is 0.271 e. The monoisotopic (exact) mass is 371 g/mol. The average molecular weight is 371 g/mol. The Morgan fingerprint density at radius 1 is 1.11 bits per heavy atom. The Bertz CT molecular complexity index is 1110. The summed E-state index contributed by atoms with van der Waals surface area (Å²) in [6.07, 6.45) is 7.62. The number of carbonyl (C=O) groups excluding carboxylic acids is 1. The molecule has 1 aliphatic rings. The van der Waals surface area contributed by atoms with Crippen LogP contribution in [0.3, 0.4) is 0 Å². The van der Waals surface area contributed by atoms with Crippen molar-refractivity contribution in [3.63, 3.8) is 0 Å². The third-order valence-electron chi connectivity index (χ3n) is 5.48. The molecule has 3 heterocycles. The van der Waals surface area contributed by atoms with Gasteiger partial charge < -0.3 is 9.47 Å². The molecule has 2 aromatic carbocycles. The summed E-state index contributed by atoms with van der Waals surface area (Å²) in [4.78, 5) is 19.0. The quantitative estimate of drug-likeness (QED) is 0.594. The number of amides is 1. The van der Waals surface area contributed by atoms with Crippen LogP contribution in [0.5, 0.6) is 0 Å². The zero-order chi connectivity index (χ0) is 18.9. The van der Waals surface area contributed by atoms with E-state index in [0.717, 1.165) is 36.0 Å². The molecule has 2 aromatic heterocycles. The molecule has 0 bridgehead atoms. The summed E-state index contributed by atoms with van der Waals surface area (Å²) in [5, 5.41) is 9.68. The van der Waals surface area contributed by atoms with Crippen LogP contribution < -0.4 is 0 Å². The summed E-state index contributed by atoms with van der Waals surface area (Å²) in [7, 11) is 0. The Hall–Kier alpha value is -3.41. The Kier molecular flexibility index (Phi) is 4.16. The van der Waals surface area contributed by atoms with Gasteiger partial charge in [0.15, 0.2) is 0 Å². The topological polar surface area (TPSA) is 66.8 Å². The molecule has 6 heteroatoms. The molecule has 1 unspecified atom stereocenters. The number of imidazole rings is 1. The lowest BCUT2D eigenvalue weighted by Crippen LogP contribution is -2.40. The highest BCUT2D eigenvalue weighted by atomic mass is 16.2. The number of likely N-dealkylation sites (tertiary alicyclic amines) is 1. The van der Waals surface area contributed by atoms with Gasteiger partial charge in [-0.15, -0.1) is 0 Å². The van der Waals surface area contributed by atoms with Crippen molar-refractivity contribution in [2.45, 2.75) is 18.9 Å². The predicted molar refractivity (Wildman–Crippen MR) is 108 cm³/mol. The number of aromatic amines is 1. The highest BCUT2D eigenvalue weighted by Gasteiger charge is 2.26. The van der Waals surface area contributed by atoms with Gasteiger partial charge in [-0.3, -0.25) is 9.89 Å². The first kappa shape index (κ1) is 16.7. The van der Waals surface area contributed by atoms with Crippen molar-refractivity contribution < 1.29 is 4.79 Å². The standard InChI is InChI=1S/C22H21N5O/c28-22(26-10-3-6-19(14-26)27-11-9-23-15-27)21-13-20(24-25-21)18-8-7-16-4-1-2-5-17(16)12-18/h1-2,4-5,7-9,11-13,15,19H,3,6,10,14H2,(H,24,25). The SMILES string of the molecule is O=C(c1cc(-c2ccc3ccccc3c2)n[nH]1)N1CCCC(n2ccnc2)C1. The second-order valence-electron chi connectivity index (χ2n) is 7.29. The Morgan fingerprint density at radius 2 is 2.00 bits per heavy atom. The molecule has 1 N–H and O–H groups in total. The van der Waals surface area contributed by atoms with Crippen LogP contribution in [0.25, 0.3) is 22.0 Å². The first-order valence-corrected chi connectivity index (χ1v) is 9.59. The molecule has 28 heavy (non-hydrogen) atoms. The van der Waals surface area contributed by atoms with Gasteiger partial charge in [0.2, 0.25) is 0 Å². The van der Waals surface area contributed by atoms with Crippen molar-refractivity contribution in [3.8, 4) is 11.3 Å². The van der Waals surface area contributed by atoms with E-state index in [1.54, 1.807) is 6.20 Å². The minimum Gasteiger partial charge on any atom is -0.335 e. The van der Waals surface area contributed by atoms with Crippen LogP contribution in [0, 0.1) is 0 Å². The Balaban J connectivity index is 1.36. The van der Waals surface area contributed by atoms with E-state index >= 15 is 0 Å². The van der Waals surface area contributed by atoms with E-state index in [1.807, 2.05) is 41.7 Å². The molecule has 0 spiro atoms. The summed E-state index contributed by atoms with van der Waals surface area (Å²) >= 11 is 0. The fraction of sp³-hybridized carbons (Fsp3) is 0.227. The van der Waals surface area contributed by atoms with Crippen LogP contribution in [0.1, 0.15) is 29.4 Å². The van der Waals surface area contributed by atoms with Gasteiger partial charge in [-0.2, -0.15) is 5.10 Å². The molecule has 0 aliphatic carbocycles. The van der Waals surface area contributed by atoms with Gasteiger partial charge in [0, 0.05) is 31.0 Å². The van der Waals surface area contributed by atoms with Crippen molar-refractivity contribution in [2.24, 2.45) is 0 Å². The molecule has 1 aliphatic heterocycles. The van der Waals surface area contributed by atoms with E-state index in [9.17, 15) is 4.79 Å². The molecule has 4 aromatic rings. The van der Waals surface area contributed by atoms with Crippen LogP contribution in [0.15, 0.2) is 67.3 Å². The van der Waals surface area contributed by atoms with E-state index in [1.165, 1.54) is 5.39 Å². The van der Waals surface area contributed by atoms with Crippen molar-refractivity contribution in [2.75, 3.05) is 13.1 Å². The molecule has 6 nitrogen and oxygen atoms in total. The van der Waals surface area contributed by atoms with E-state index in [0.29, 0.717) is 12.2 Å². The Labute approximate surface area is 162 Å². The van der Waals surface area contributed by atoms with Gasteiger partial charge in [-0.25, -0.2) is 4.98 Å². The summed E-state index contributed by atoms with van der Waals surface area (Å²) in [6.45, 7) is 1.47. The zero-order valence-electron chi connectivity index (χ0n) is 15.5. The molecule has 1 atom stereocenters. The maximum absolute atomic E-state index is 13.0. The minimum absolute atomic E-state index is 0.00403. The molecule has 0 saturated carbocycles. The zero-order valence-corrected chi connectivity index (χ0v) is 15.5. The molecule has 1 saturated heterocycles. The summed E-state index contributed by atoms with van der Waals surface area (Å²) in [6, 6.07) is 16.6. The van der Waals surface area contributed by atoms with Gasteiger partial charge >= 0.3 is 0 Å². The lowest BCUT2D eigenvalue weighted by molar-refractivity contribution is 0.0673. The number of piperidine rings is 1. The van der Waals surface area contributed by atoms with Crippen molar-refractivity contribution in [3.05, 3.63) is 72.9 Å². The molecule has 5 rings (SSSR count). The largest absolute Gasteiger partial charge is 0.335 e. The van der Waals surface area contributed by atoms with E-state index in [2.05, 4.69) is 44.0 Å². The number of nitrogens with one attached hydrogen (secondary N) is 1. The maximum atomic E-state index is 13.0. The molecule has 1 fully saturated rings. The molecule has 140 valence electrons. The van der Waals surface area contributed by atoms with Crippen molar-refractivity contribution in [1.82, 2.24) is 24.6 Å². The van der Waals surface area contributed by atoms with Gasteiger partial charge in [0.1, 0.15) is 5.69 Å². The number of H-pyrrole nitrogens is 1. The van der Waals surface area contributed by atoms with Crippen LogP contribution in [0.4, 0.5) is 0 Å². The number of rotatable bonds is 3. The number of hydrogen-bond acceptors (Lipinski definition) is 3. The highest BCUT2D eigenvalue weighted by Crippen LogP contribution is 2.25. The van der Waals surface area contributed by atoms with E-state index < -0.39 is 0 Å². The first-order valence-electron chi connectivity index (χ1n) is 9.59. The number of fused-ring (bicyclic) bond motifs is 1. The number of hydrogen-bond donors (Lipinski definition) is 1. The van der Waals surface area contributed by atoms with E-state index in [-0.39, 0.29) is 11.9 Å². The molecule has 0 radical (unpaired) electrons. The predicted octanol–water partition coefficient (Wildman–Crippen LogP) is 3.90. The van der Waals surface area contributed by atoms with Crippen LogP contribution in [0.2, 0.25) is 0 Å². The van der Waals surface area contributed by atoms with E-state index in [4.69, 9.17) is 0 Å². The van der Waals surface area contributed by atoms with Crippen LogP contribution in [-0.2, 0) is 0 Å². The number of nitrogens with zero attached hydrogens (tertiary/aromatic N) is 4. The fourth-order valence-electron chi connectivity index (χ4n) is 3.97. The molecular weight excluding hydrogens is 350 g/mol. The van der Waals surface area contributed by atoms with Gasteiger partial charge in [0.05, 0.1) is 18.1 Å². The van der Waals surface area contributed by atoms with Crippen LogP contribution in [-0.4, -0.2) is 43.6 Å². The lowest BCUT2D eigenvalue weighted by atomic mass is 10.0. The summed E-state index contributed by atoms with van der Waals surface area (Å²) in [5.41, 5.74) is 2.33. The van der Waals surface area contributed by atoms with Gasteiger partial charge in [-0.1, -0.05) is 36.4 Å². The third-order valence-corrected chi connectivity index (χ3v) is 5.48.